The summed E-state index contributed by atoms with van der Waals surface area (Å²) < 4.78 is 13.0. The molecule has 1 aliphatic carbocycles. The first-order chi connectivity index (χ1) is 8.04. The van der Waals surface area contributed by atoms with Gasteiger partial charge in [-0.2, -0.15) is 0 Å². The van der Waals surface area contributed by atoms with E-state index in [1.54, 1.807) is 6.07 Å². The summed E-state index contributed by atoms with van der Waals surface area (Å²) in [5.41, 5.74) is 2.08. The van der Waals surface area contributed by atoms with Crippen LogP contribution in [-0.2, 0) is 0 Å². The smallest absolute Gasteiger partial charge is 0.123 e. The van der Waals surface area contributed by atoms with E-state index in [4.69, 9.17) is 0 Å². The summed E-state index contributed by atoms with van der Waals surface area (Å²) >= 11 is 0. The van der Waals surface area contributed by atoms with Gasteiger partial charge in [-0.05, 0) is 61.8 Å². The van der Waals surface area contributed by atoms with Crippen molar-refractivity contribution in [1.82, 2.24) is 0 Å². The lowest BCUT2D eigenvalue weighted by molar-refractivity contribution is 0.281. The Morgan fingerprint density at radius 3 is 2.35 bits per heavy atom. The number of benzene rings is 1. The fourth-order valence-corrected chi connectivity index (χ4v) is 3.07. The van der Waals surface area contributed by atoms with Crippen LogP contribution < -0.4 is 5.32 Å². The monoisotopic (exact) mass is 235 g/mol. The summed E-state index contributed by atoms with van der Waals surface area (Å²) in [5.74, 6) is 1.42. The zero-order valence-corrected chi connectivity index (χ0v) is 11.0. The second-order valence-electron chi connectivity index (χ2n) is 5.72. The van der Waals surface area contributed by atoms with Crippen LogP contribution in [0.3, 0.4) is 0 Å². The third-order valence-electron chi connectivity index (χ3n) is 3.73. The normalized spacial score (nSPS) is 29.1. The molecule has 0 saturated heterocycles. The van der Waals surface area contributed by atoms with E-state index in [2.05, 4.69) is 19.2 Å². The largest absolute Gasteiger partial charge is 0.382 e. The van der Waals surface area contributed by atoms with Crippen LogP contribution in [0.2, 0.25) is 0 Å². The highest BCUT2D eigenvalue weighted by atomic mass is 19.1. The average molecular weight is 235 g/mol. The first-order valence-electron chi connectivity index (χ1n) is 6.57. The maximum absolute atomic E-state index is 13.0. The van der Waals surface area contributed by atoms with Crippen LogP contribution in [0.15, 0.2) is 18.2 Å². The van der Waals surface area contributed by atoms with Crippen LogP contribution in [0.1, 0.15) is 38.7 Å². The van der Waals surface area contributed by atoms with E-state index in [1.165, 1.54) is 25.3 Å². The fraction of sp³-hybridized carbons (Fsp3) is 0.600. The highest BCUT2D eigenvalue weighted by Gasteiger charge is 2.23. The SMILES string of the molecule is Cc1cc(F)ccc1NC1CC(C)CC(C)C1. The number of hydrogen-bond donors (Lipinski definition) is 1. The average Bonchev–Trinajstić information content (AvgIpc) is 2.21. The lowest BCUT2D eigenvalue weighted by atomic mass is 9.80. The molecule has 17 heavy (non-hydrogen) atoms. The summed E-state index contributed by atoms with van der Waals surface area (Å²) in [6.45, 7) is 6.60. The molecule has 1 aliphatic rings. The van der Waals surface area contributed by atoms with Gasteiger partial charge in [-0.3, -0.25) is 0 Å². The molecule has 1 aromatic carbocycles. The molecule has 0 amide bonds. The Morgan fingerprint density at radius 1 is 1.12 bits per heavy atom. The maximum atomic E-state index is 13.0. The molecule has 1 nitrogen and oxygen atoms in total. The van der Waals surface area contributed by atoms with Crippen molar-refractivity contribution in [1.29, 1.82) is 0 Å². The van der Waals surface area contributed by atoms with Crippen molar-refractivity contribution in [2.45, 2.75) is 46.1 Å². The Morgan fingerprint density at radius 2 is 1.76 bits per heavy atom. The van der Waals surface area contributed by atoms with Gasteiger partial charge in [-0.25, -0.2) is 4.39 Å². The minimum atomic E-state index is -0.154. The Hall–Kier alpha value is -1.05. The molecule has 1 aromatic rings. The highest BCUT2D eigenvalue weighted by Crippen LogP contribution is 2.31. The second-order valence-corrected chi connectivity index (χ2v) is 5.72. The molecule has 0 radical (unpaired) electrons. The number of hydrogen-bond acceptors (Lipinski definition) is 1. The number of rotatable bonds is 2. The zero-order chi connectivity index (χ0) is 12.4. The molecule has 94 valence electrons. The van der Waals surface area contributed by atoms with E-state index in [9.17, 15) is 4.39 Å². The summed E-state index contributed by atoms with van der Waals surface area (Å²) in [4.78, 5) is 0. The minimum absolute atomic E-state index is 0.154. The van der Waals surface area contributed by atoms with E-state index in [1.807, 2.05) is 13.0 Å². The third kappa shape index (κ3) is 3.21. The van der Waals surface area contributed by atoms with Crippen molar-refractivity contribution in [2.24, 2.45) is 11.8 Å². The lowest BCUT2D eigenvalue weighted by Crippen LogP contribution is -2.30. The predicted octanol–water partition coefficient (Wildman–Crippen LogP) is 4.37. The van der Waals surface area contributed by atoms with Crippen LogP contribution in [0, 0.1) is 24.6 Å². The topological polar surface area (TPSA) is 12.0 Å². The minimum Gasteiger partial charge on any atom is -0.382 e. The van der Waals surface area contributed by atoms with Crippen molar-refractivity contribution in [3.05, 3.63) is 29.6 Å². The van der Waals surface area contributed by atoms with Gasteiger partial charge in [0.05, 0.1) is 0 Å². The molecule has 0 bridgehead atoms. The molecule has 1 fully saturated rings. The van der Waals surface area contributed by atoms with Crippen molar-refractivity contribution >= 4 is 5.69 Å². The molecule has 0 spiro atoms. The first kappa shape index (κ1) is 12.4. The predicted molar refractivity (Wildman–Crippen MR) is 70.7 cm³/mol. The molecule has 2 rings (SSSR count). The van der Waals surface area contributed by atoms with Crippen molar-refractivity contribution in [2.75, 3.05) is 5.32 Å². The van der Waals surface area contributed by atoms with Crippen LogP contribution in [0.4, 0.5) is 10.1 Å². The van der Waals surface area contributed by atoms with Crippen LogP contribution in [0.25, 0.3) is 0 Å². The van der Waals surface area contributed by atoms with Gasteiger partial charge in [0.2, 0.25) is 0 Å². The number of aryl methyl sites for hydroxylation is 1. The third-order valence-corrected chi connectivity index (χ3v) is 3.73. The Labute approximate surface area is 103 Å². The standard InChI is InChI=1S/C15H22FN/c1-10-6-11(2)8-14(7-10)17-15-5-4-13(16)9-12(15)3/h4-5,9-11,14,17H,6-8H2,1-3H3. The summed E-state index contributed by atoms with van der Waals surface area (Å²) in [6, 6.07) is 5.52. The van der Waals surface area contributed by atoms with Crippen LogP contribution in [-0.4, -0.2) is 6.04 Å². The molecule has 0 aromatic heterocycles. The van der Waals surface area contributed by atoms with Crippen molar-refractivity contribution in [3.63, 3.8) is 0 Å². The fourth-order valence-electron chi connectivity index (χ4n) is 3.07. The molecular formula is C15H22FN. The Kier molecular flexibility index (Phi) is 3.70. The van der Waals surface area contributed by atoms with Crippen molar-refractivity contribution < 1.29 is 4.39 Å². The van der Waals surface area contributed by atoms with E-state index in [-0.39, 0.29) is 5.82 Å². The summed E-state index contributed by atoms with van der Waals surface area (Å²) in [6.07, 6.45) is 3.78. The van der Waals surface area contributed by atoms with Crippen LogP contribution >= 0.6 is 0 Å². The van der Waals surface area contributed by atoms with E-state index in [0.717, 1.165) is 23.1 Å². The highest BCUT2D eigenvalue weighted by molar-refractivity contribution is 5.51. The van der Waals surface area contributed by atoms with Gasteiger partial charge in [0, 0.05) is 11.7 Å². The summed E-state index contributed by atoms with van der Waals surface area (Å²) in [5, 5.41) is 3.57. The Balaban J connectivity index is 2.04. The molecule has 1 N–H and O–H groups in total. The molecule has 2 unspecified atom stereocenters. The quantitative estimate of drug-likeness (QED) is 0.802. The number of nitrogens with one attached hydrogen (secondary N) is 1. The van der Waals surface area contributed by atoms with Gasteiger partial charge < -0.3 is 5.32 Å². The Bertz CT molecular complexity index is 379. The molecule has 0 aliphatic heterocycles. The molecule has 0 heterocycles. The van der Waals surface area contributed by atoms with Crippen molar-refractivity contribution in [3.8, 4) is 0 Å². The van der Waals surface area contributed by atoms with Gasteiger partial charge in [-0.15, -0.1) is 0 Å². The molecule has 2 heteroatoms. The lowest BCUT2D eigenvalue weighted by Gasteiger charge is -2.33. The maximum Gasteiger partial charge on any atom is 0.123 e. The van der Waals surface area contributed by atoms with Gasteiger partial charge in [0.1, 0.15) is 5.82 Å². The number of halogens is 1. The van der Waals surface area contributed by atoms with Gasteiger partial charge >= 0.3 is 0 Å². The second kappa shape index (κ2) is 5.07. The van der Waals surface area contributed by atoms with Gasteiger partial charge in [-0.1, -0.05) is 13.8 Å². The zero-order valence-electron chi connectivity index (χ0n) is 11.0. The van der Waals surface area contributed by atoms with E-state index in [0.29, 0.717) is 6.04 Å². The van der Waals surface area contributed by atoms with E-state index >= 15 is 0 Å². The van der Waals surface area contributed by atoms with Crippen LogP contribution in [0.5, 0.6) is 0 Å². The van der Waals surface area contributed by atoms with Gasteiger partial charge in [0.25, 0.3) is 0 Å². The molecule has 1 saturated carbocycles. The van der Waals surface area contributed by atoms with Gasteiger partial charge in [0.15, 0.2) is 0 Å². The van der Waals surface area contributed by atoms with E-state index < -0.39 is 0 Å². The first-order valence-corrected chi connectivity index (χ1v) is 6.57. The molecule has 2 atom stereocenters. The molecular weight excluding hydrogens is 213 g/mol. The number of anilines is 1. The summed E-state index contributed by atoms with van der Waals surface area (Å²) in [7, 11) is 0.